The smallest absolute Gasteiger partial charge is 0.0949 e. The number of benzene rings is 1. The van der Waals surface area contributed by atoms with E-state index in [-0.39, 0.29) is 0 Å². The first-order chi connectivity index (χ1) is 8.68. The van der Waals surface area contributed by atoms with Gasteiger partial charge < -0.3 is 0 Å². The van der Waals surface area contributed by atoms with Crippen molar-refractivity contribution in [3.63, 3.8) is 0 Å². The predicted octanol–water partition coefficient (Wildman–Crippen LogP) is 4.95. The molecule has 2 nitrogen and oxygen atoms in total. The second kappa shape index (κ2) is 8.66. The monoisotopic (exact) mass is 244 g/mol. The Morgan fingerprint density at radius 3 is 2.44 bits per heavy atom. The summed E-state index contributed by atoms with van der Waals surface area (Å²) in [6.07, 6.45) is 3.85. The zero-order valence-corrected chi connectivity index (χ0v) is 11.8. The molecule has 0 spiro atoms. The van der Waals surface area contributed by atoms with Crippen molar-refractivity contribution in [3.8, 4) is 0 Å². The van der Waals surface area contributed by atoms with Gasteiger partial charge in [-0.25, -0.2) is 4.99 Å². The summed E-state index contributed by atoms with van der Waals surface area (Å²) in [6.45, 7) is 7.62. The zero-order chi connectivity index (χ0) is 13.2. The predicted molar refractivity (Wildman–Crippen MR) is 78.7 cm³/mol. The molecule has 0 heterocycles. The van der Waals surface area contributed by atoms with Crippen LogP contribution in [0.2, 0.25) is 0 Å². The quantitative estimate of drug-likeness (QED) is 0.606. The second-order valence-corrected chi connectivity index (χ2v) is 5.32. The van der Waals surface area contributed by atoms with Gasteiger partial charge in [-0.05, 0) is 30.4 Å². The van der Waals surface area contributed by atoms with E-state index < -0.39 is 0 Å². The highest BCUT2D eigenvalue weighted by molar-refractivity contribution is 5.51. The summed E-state index contributed by atoms with van der Waals surface area (Å²) in [6, 6.07) is 12.6. The fraction of sp³-hybridized carbons (Fsp3) is 0.562. The molecule has 98 valence electrons. The third-order valence-electron chi connectivity index (χ3n) is 2.89. The van der Waals surface area contributed by atoms with Gasteiger partial charge in [0.15, 0.2) is 0 Å². The average molecular weight is 244 g/mol. The van der Waals surface area contributed by atoms with Crippen LogP contribution in [-0.4, -0.2) is 12.6 Å². The summed E-state index contributed by atoms with van der Waals surface area (Å²) < 4.78 is 0. The standard InChI is InChI=1S/C16H24N2/c1-14(2)8-7-9-15(3)12-17-13-18-16-10-5-4-6-11-16/h4-6,10-11,14-15H,7-9,12H2,1-3H3/t15-/m1/s1. The van der Waals surface area contributed by atoms with E-state index in [1.807, 2.05) is 30.3 Å². The number of aliphatic imine (C=N–C) groups is 2. The van der Waals surface area contributed by atoms with E-state index in [1.54, 1.807) is 0 Å². The van der Waals surface area contributed by atoms with Crippen molar-refractivity contribution >= 4 is 11.7 Å². The lowest BCUT2D eigenvalue weighted by Crippen LogP contribution is -2.00. The second-order valence-electron chi connectivity index (χ2n) is 5.32. The van der Waals surface area contributed by atoms with Crippen LogP contribution in [0.3, 0.4) is 0 Å². The lowest BCUT2D eigenvalue weighted by Gasteiger charge is -2.08. The Hall–Kier alpha value is -1.40. The van der Waals surface area contributed by atoms with Gasteiger partial charge in [0.2, 0.25) is 0 Å². The van der Waals surface area contributed by atoms with Crippen molar-refractivity contribution in [2.24, 2.45) is 21.8 Å². The molecule has 0 aliphatic rings. The molecule has 0 aromatic heterocycles. The number of hydrogen-bond donors (Lipinski definition) is 0. The summed E-state index contributed by atoms with van der Waals surface area (Å²) in [5, 5.41) is 0. The molecule has 1 rings (SSSR count). The van der Waals surface area contributed by atoms with Crippen molar-refractivity contribution in [2.75, 3.05) is 6.54 Å². The molecule has 0 saturated carbocycles. The Kier molecular flexibility index (Phi) is 7.05. The molecule has 0 bridgehead atoms. The first kappa shape index (κ1) is 14.7. The summed E-state index contributed by atoms with van der Waals surface area (Å²) in [5.41, 5.74) is 0.911. The Morgan fingerprint density at radius 2 is 1.78 bits per heavy atom. The minimum Gasteiger partial charge on any atom is -0.225 e. The van der Waals surface area contributed by atoms with Crippen LogP contribution in [0.25, 0.3) is 0 Å². The molecule has 0 aliphatic carbocycles. The van der Waals surface area contributed by atoms with Crippen molar-refractivity contribution in [2.45, 2.75) is 40.0 Å². The van der Waals surface area contributed by atoms with Crippen LogP contribution in [0.15, 0.2) is 40.3 Å². The molecule has 0 N–H and O–H groups in total. The van der Waals surface area contributed by atoms with Crippen LogP contribution >= 0.6 is 0 Å². The normalized spacial score (nSPS) is 12.0. The molecule has 1 atom stereocenters. The Morgan fingerprint density at radius 1 is 1.06 bits per heavy atom. The molecule has 1 aromatic rings. The minimum atomic E-state index is 0.627. The highest BCUT2D eigenvalue weighted by Gasteiger charge is 2.01. The van der Waals surface area contributed by atoms with Gasteiger partial charge in [0.25, 0.3) is 0 Å². The van der Waals surface area contributed by atoms with Crippen LogP contribution in [0.5, 0.6) is 0 Å². The van der Waals surface area contributed by atoms with Crippen molar-refractivity contribution < 1.29 is 0 Å². The van der Waals surface area contributed by atoms with E-state index in [0.717, 1.165) is 18.2 Å². The van der Waals surface area contributed by atoms with Crippen LogP contribution in [-0.2, 0) is 0 Å². The van der Waals surface area contributed by atoms with Crippen LogP contribution in [0.1, 0.15) is 40.0 Å². The van der Waals surface area contributed by atoms with Gasteiger partial charge in [0, 0.05) is 0 Å². The number of para-hydroxylation sites is 1. The van der Waals surface area contributed by atoms with Gasteiger partial charge in [-0.1, -0.05) is 51.8 Å². The third kappa shape index (κ3) is 7.03. The summed E-state index contributed by atoms with van der Waals surface area (Å²) >= 11 is 0. The van der Waals surface area contributed by atoms with E-state index in [9.17, 15) is 0 Å². The fourth-order valence-electron chi connectivity index (χ4n) is 1.76. The molecule has 18 heavy (non-hydrogen) atoms. The van der Waals surface area contributed by atoms with E-state index in [1.165, 1.54) is 19.3 Å². The average Bonchev–Trinajstić information content (AvgIpc) is 2.35. The first-order valence-corrected chi connectivity index (χ1v) is 6.85. The summed E-state index contributed by atoms with van der Waals surface area (Å²) in [7, 11) is 0. The lowest BCUT2D eigenvalue weighted by atomic mass is 10.00. The van der Waals surface area contributed by atoms with E-state index >= 15 is 0 Å². The zero-order valence-electron chi connectivity index (χ0n) is 11.8. The van der Waals surface area contributed by atoms with Gasteiger partial charge >= 0.3 is 0 Å². The number of rotatable bonds is 7. The largest absolute Gasteiger partial charge is 0.225 e. The van der Waals surface area contributed by atoms with Crippen LogP contribution < -0.4 is 0 Å². The van der Waals surface area contributed by atoms with Gasteiger partial charge in [-0.3, -0.25) is 0 Å². The summed E-state index contributed by atoms with van der Waals surface area (Å²) in [4.78, 5) is 8.42. The first-order valence-electron chi connectivity index (χ1n) is 6.85. The van der Waals surface area contributed by atoms with Crippen LogP contribution in [0, 0.1) is 11.8 Å². The van der Waals surface area contributed by atoms with Gasteiger partial charge in [-0.15, -0.1) is 0 Å². The summed E-state index contributed by atoms with van der Waals surface area (Å²) in [5.74, 6) is 1.43. The molecule has 0 fully saturated rings. The number of nitrogens with zero attached hydrogens (tertiary/aromatic N) is 2. The Balaban J connectivity index is 2.25. The fourth-order valence-corrected chi connectivity index (χ4v) is 1.76. The molecule has 2 heteroatoms. The minimum absolute atomic E-state index is 0.627. The molecular formula is C16H24N2. The van der Waals surface area contributed by atoms with Gasteiger partial charge in [0.05, 0.1) is 18.2 Å². The molecule has 0 radical (unpaired) electrons. The maximum absolute atomic E-state index is 4.25. The van der Waals surface area contributed by atoms with Gasteiger partial charge in [-0.2, -0.15) is 4.99 Å². The topological polar surface area (TPSA) is 24.7 Å². The molecule has 0 saturated heterocycles. The Labute approximate surface area is 111 Å². The SMILES string of the molecule is CC(C)CCC[C@@H](C)CN=C=Nc1ccccc1. The lowest BCUT2D eigenvalue weighted by molar-refractivity contribution is 0.465. The molecule has 0 unspecified atom stereocenters. The van der Waals surface area contributed by atoms with E-state index in [2.05, 4.69) is 36.8 Å². The molecule has 0 amide bonds. The highest BCUT2D eigenvalue weighted by Crippen LogP contribution is 2.12. The highest BCUT2D eigenvalue weighted by atomic mass is 14.8. The maximum Gasteiger partial charge on any atom is 0.0949 e. The van der Waals surface area contributed by atoms with E-state index in [4.69, 9.17) is 0 Å². The van der Waals surface area contributed by atoms with Crippen LogP contribution in [0.4, 0.5) is 5.69 Å². The van der Waals surface area contributed by atoms with Crippen molar-refractivity contribution in [1.82, 2.24) is 0 Å². The maximum atomic E-state index is 4.25. The Bertz CT molecular complexity index is 375. The molecular weight excluding hydrogens is 220 g/mol. The molecule has 0 aliphatic heterocycles. The van der Waals surface area contributed by atoms with Gasteiger partial charge in [0.1, 0.15) is 0 Å². The van der Waals surface area contributed by atoms with Crippen molar-refractivity contribution in [1.29, 1.82) is 0 Å². The number of hydrogen-bond acceptors (Lipinski definition) is 2. The molecule has 1 aromatic carbocycles. The van der Waals surface area contributed by atoms with Crippen molar-refractivity contribution in [3.05, 3.63) is 30.3 Å². The van der Waals surface area contributed by atoms with E-state index in [0.29, 0.717) is 5.92 Å². The third-order valence-corrected chi connectivity index (χ3v) is 2.89.